The first-order valence-corrected chi connectivity index (χ1v) is 6.32. The number of hydrogen-bond acceptors (Lipinski definition) is 4. The molecule has 0 spiro atoms. The molecule has 20 heavy (non-hydrogen) atoms. The lowest BCUT2D eigenvalue weighted by molar-refractivity contribution is 0.467. The highest BCUT2D eigenvalue weighted by molar-refractivity contribution is 6.30. The molecule has 1 heterocycles. The molecule has 3 rings (SSSR count). The fourth-order valence-corrected chi connectivity index (χ4v) is 2.11. The summed E-state index contributed by atoms with van der Waals surface area (Å²) in [5, 5.41) is 11.8. The number of rotatable bonds is 2. The van der Waals surface area contributed by atoms with Crippen molar-refractivity contribution in [2.75, 3.05) is 5.73 Å². The van der Waals surface area contributed by atoms with E-state index in [9.17, 15) is 5.11 Å². The predicted octanol–water partition coefficient (Wildman–Crippen LogP) is 3.97. The summed E-state index contributed by atoms with van der Waals surface area (Å²) in [5.74, 6) is 1.00. The lowest BCUT2D eigenvalue weighted by Gasteiger charge is -2.10. The quantitative estimate of drug-likeness (QED) is 0.700. The van der Waals surface area contributed by atoms with Gasteiger partial charge in [-0.3, -0.25) is 0 Å². The summed E-state index contributed by atoms with van der Waals surface area (Å²) in [6.07, 6.45) is 1.64. The van der Waals surface area contributed by atoms with E-state index in [2.05, 4.69) is 4.98 Å². The van der Waals surface area contributed by atoms with Gasteiger partial charge in [0.05, 0.1) is 5.69 Å². The van der Waals surface area contributed by atoms with Crippen molar-refractivity contribution >= 4 is 28.1 Å². The summed E-state index contributed by atoms with van der Waals surface area (Å²) in [6, 6.07) is 11.8. The van der Waals surface area contributed by atoms with Gasteiger partial charge in [0.1, 0.15) is 5.75 Å². The first-order chi connectivity index (χ1) is 9.63. The van der Waals surface area contributed by atoms with E-state index < -0.39 is 0 Å². The molecule has 5 heteroatoms. The number of phenolic OH excluding ortho intramolecular Hbond substituents is 1. The fourth-order valence-electron chi connectivity index (χ4n) is 1.93. The number of halogens is 1. The van der Waals surface area contributed by atoms with Gasteiger partial charge in [-0.1, -0.05) is 17.7 Å². The molecule has 0 fully saturated rings. The first-order valence-electron chi connectivity index (χ1n) is 5.94. The molecule has 0 aliphatic heterocycles. The van der Waals surface area contributed by atoms with Gasteiger partial charge in [-0.25, -0.2) is 4.98 Å². The Bertz CT molecular complexity index is 790. The molecule has 3 N–H and O–H groups in total. The molecule has 0 bridgehead atoms. The minimum Gasteiger partial charge on any atom is -0.508 e. The molecule has 4 nitrogen and oxygen atoms in total. The SMILES string of the molecule is Nc1cc(Cl)ccc1Oc1nccc2ccc(O)cc12. The van der Waals surface area contributed by atoms with Crippen LogP contribution in [0, 0.1) is 0 Å². The highest BCUT2D eigenvalue weighted by Gasteiger charge is 2.08. The third kappa shape index (κ3) is 2.33. The van der Waals surface area contributed by atoms with Crippen molar-refractivity contribution in [2.24, 2.45) is 0 Å². The number of hydrogen-bond donors (Lipinski definition) is 2. The van der Waals surface area contributed by atoms with Crippen molar-refractivity contribution in [3.63, 3.8) is 0 Å². The monoisotopic (exact) mass is 286 g/mol. The number of aromatic nitrogens is 1. The van der Waals surface area contributed by atoms with Crippen molar-refractivity contribution in [3.05, 3.63) is 53.7 Å². The van der Waals surface area contributed by atoms with Gasteiger partial charge in [0.2, 0.25) is 5.88 Å². The average molecular weight is 287 g/mol. The zero-order valence-electron chi connectivity index (χ0n) is 10.4. The molecule has 0 unspecified atom stereocenters. The number of nitrogens with two attached hydrogens (primary N) is 1. The minimum absolute atomic E-state index is 0.152. The summed E-state index contributed by atoms with van der Waals surface area (Å²) in [6.45, 7) is 0. The Morgan fingerprint density at radius 1 is 1.10 bits per heavy atom. The Balaban J connectivity index is 2.08. The Hall–Kier alpha value is -2.46. The molecule has 2 aromatic carbocycles. The molecule has 0 amide bonds. The van der Waals surface area contributed by atoms with Crippen molar-refractivity contribution in [1.82, 2.24) is 4.98 Å². The molecule has 1 aromatic heterocycles. The van der Waals surface area contributed by atoms with Crippen molar-refractivity contribution in [3.8, 4) is 17.4 Å². The van der Waals surface area contributed by atoms with E-state index in [-0.39, 0.29) is 5.75 Å². The van der Waals surface area contributed by atoms with E-state index in [0.717, 1.165) is 5.39 Å². The van der Waals surface area contributed by atoms with E-state index in [1.165, 1.54) is 0 Å². The molecule has 0 saturated carbocycles. The van der Waals surface area contributed by atoms with Gasteiger partial charge >= 0.3 is 0 Å². The maximum atomic E-state index is 9.59. The molecule has 0 atom stereocenters. The highest BCUT2D eigenvalue weighted by atomic mass is 35.5. The molecule has 0 aliphatic carbocycles. The standard InChI is InChI=1S/C15H11ClN2O2/c16-10-2-4-14(13(17)7-10)20-15-12-8-11(19)3-1-9(12)5-6-18-15/h1-8,19H,17H2. The van der Waals surface area contributed by atoms with Crippen LogP contribution in [0.5, 0.6) is 17.4 Å². The zero-order valence-corrected chi connectivity index (χ0v) is 11.1. The molecule has 0 saturated heterocycles. The second-order valence-corrected chi connectivity index (χ2v) is 4.74. The molecule has 3 aromatic rings. The summed E-state index contributed by atoms with van der Waals surface area (Å²) in [7, 11) is 0. The summed E-state index contributed by atoms with van der Waals surface area (Å²) < 4.78 is 5.73. The average Bonchev–Trinajstić information content (AvgIpc) is 2.42. The van der Waals surface area contributed by atoms with E-state index >= 15 is 0 Å². The number of fused-ring (bicyclic) bond motifs is 1. The van der Waals surface area contributed by atoms with Crippen molar-refractivity contribution in [2.45, 2.75) is 0 Å². The van der Waals surface area contributed by atoms with Gasteiger partial charge in [-0.05, 0) is 41.8 Å². The van der Waals surface area contributed by atoms with Gasteiger partial charge in [0, 0.05) is 16.6 Å². The van der Waals surface area contributed by atoms with Crippen molar-refractivity contribution < 1.29 is 9.84 Å². The van der Waals surface area contributed by atoms with Crippen LogP contribution in [-0.4, -0.2) is 10.1 Å². The van der Waals surface area contributed by atoms with Crippen LogP contribution in [0.15, 0.2) is 48.7 Å². The van der Waals surface area contributed by atoms with Crippen LogP contribution in [0.4, 0.5) is 5.69 Å². The highest BCUT2D eigenvalue weighted by Crippen LogP contribution is 2.33. The van der Waals surface area contributed by atoms with Crippen LogP contribution in [0.2, 0.25) is 5.02 Å². The number of ether oxygens (including phenoxy) is 1. The lowest BCUT2D eigenvalue weighted by atomic mass is 10.1. The molecule has 100 valence electrons. The maximum absolute atomic E-state index is 9.59. The Labute approximate surface area is 120 Å². The predicted molar refractivity (Wildman–Crippen MR) is 79.3 cm³/mol. The Morgan fingerprint density at radius 2 is 1.95 bits per heavy atom. The fraction of sp³-hybridized carbons (Fsp3) is 0. The van der Waals surface area contributed by atoms with E-state index in [0.29, 0.717) is 27.7 Å². The third-order valence-corrected chi connectivity index (χ3v) is 3.13. The van der Waals surface area contributed by atoms with Gasteiger partial charge in [0.25, 0.3) is 0 Å². The smallest absolute Gasteiger partial charge is 0.227 e. The van der Waals surface area contributed by atoms with Crippen LogP contribution in [0.1, 0.15) is 0 Å². The van der Waals surface area contributed by atoms with E-state index in [4.69, 9.17) is 22.1 Å². The topological polar surface area (TPSA) is 68.4 Å². The van der Waals surface area contributed by atoms with E-state index in [1.54, 1.807) is 42.6 Å². The van der Waals surface area contributed by atoms with Gasteiger partial charge in [0.15, 0.2) is 5.75 Å². The van der Waals surface area contributed by atoms with Crippen molar-refractivity contribution in [1.29, 1.82) is 0 Å². The Morgan fingerprint density at radius 3 is 2.75 bits per heavy atom. The Kier molecular flexibility index (Phi) is 3.08. The molecular formula is C15H11ClN2O2. The van der Waals surface area contributed by atoms with Crippen LogP contribution in [0.25, 0.3) is 10.8 Å². The van der Waals surface area contributed by atoms with Crippen LogP contribution in [-0.2, 0) is 0 Å². The second-order valence-electron chi connectivity index (χ2n) is 4.31. The number of phenols is 1. The summed E-state index contributed by atoms with van der Waals surface area (Å²) >= 11 is 5.85. The van der Waals surface area contributed by atoms with Gasteiger partial charge < -0.3 is 15.6 Å². The number of nitrogen functional groups attached to an aromatic ring is 1. The summed E-state index contributed by atoms with van der Waals surface area (Å²) in [5.41, 5.74) is 6.28. The molecule has 0 aliphatic rings. The zero-order chi connectivity index (χ0) is 14.1. The largest absolute Gasteiger partial charge is 0.508 e. The lowest BCUT2D eigenvalue weighted by Crippen LogP contribution is -1.94. The van der Waals surface area contributed by atoms with Gasteiger partial charge in [-0.2, -0.15) is 0 Å². The van der Waals surface area contributed by atoms with E-state index in [1.807, 2.05) is 6.07 Å². The van der Waals surface area contributed by atoms with Gasteiger partial charge in [-0.15, -0.1) is 0 Å². The first kappa shape index (κ1) is 12.6. The normalized spacial score (nSPS) is 10.7. The third-order valence-electron chi connectivity index (χ3n) is 2.89. The number of anilines is 1. The number of aromatic hydroxyl groups is 1. The molecular weight excluding hydrogens is 276 g/mol. The second kappa shape index (κ2) is 4.90. The number of nitrogens with zero attached hydrogens (tertiary/aromatic N) is 1. The minimum atomic E-state index is 0.152. The maximum Gasteiger partial charge on any atom is 0.227 e. The van der Waals surface area contributed by atoms with Crippen LogP contribution >= 0.6 is 11.6 Å². The number of benzene rings is 2. The molecule has 0 radical (unpaired) electrons. The van der Waals surface area contributed by atoms with Crippen LogP contribution < -0.4 is 10.5 Å². The number of pyridine rings is 1. The summed E-state index contributed by atoms with van der Waals surface area (Å²) in [4.78, 5) is 4.18. The van der Waals surface area contributed by atoms with Crippen LogP contribution in [0.3, 0.4) is 0 Å².